The van der Waals surface area contributed by atoms with Crippen molar-refractivity contribution in [3.63, 3.8) is 0 Å². The summed E-state index contributed by atoms with van der Waals surface area (Å²) in [5.41, 5.74) is -0.783. The van der Waals surface area contributed by atoms with Gasteiger partial charge in [0.05, 0.1) is 10.3 Å². The van der Waals surface area contributed by atoms with Crippen molar-refractivity contribution in [3.8, 4) is 0 Å². The van der Waals surface area contributed by atoms with E-state index in [-0.39, 0.29) is 5.25 Å². The van der Waals surface area contributed by atoms with E-state index in [2.05, 4.69) is 4.99 Å². The number of rotatable bonds is 1. The van der Waals surface area contributed by atoms with Gasteiger partial charge in [-0.05, 0) is 20.3 Å². The maximum absolute atomic E-state index is 9.73. The van der Waals surface area contributed by atoms with E-state index in [1.54, 1.807) is 11.8 Å². The Kier molecular flexibility index (Phi) is 2.06. The van der Waals surface area contributed by atoms with Gasteiger partial charge in [-0.25, -0.2) is 4.99 Å². The Morgan fingerprint density at radius 2 is 2.40 bits per heavy atom. The van der Waals surface area contributed by atoms with Gasteiger partial charge in [-0.15, -0.1) is 11.8 Å². The molecule has 3 heteroatoms. The van der Waals surface area contributed by atoms with Crippen molar-refractivity contribution in [2.24, 2.45) is 4.99 Å². The Morgan fingerprint density at radius 1 is 1.80 bits per heavy atom. The van der Waals surface area contributed by atoms with Gasteiger partial charge in [-0.1, -0.05) is 6.92 Å². The van der Waals surface area contributed by atoms with Crippen LogP contribution >= 0.6 is 11.8 Å². The molecule has 0 amide bonds. The van der Waals surface area contributed by atoms with Crippen molar-refractivity contribution < 1.29 is 5.11 Å². The van der Waals surface area contributed by atoms with E-state index >= 15 is 0 Å². The molecule has 1 aliphatic rings. The van der Waals surface area contributed by atoms with Gasteiger partial charge in [0.2, 0.25) is 0 Å². The highest BCUT2D eigenvalue weighted by atomic mass is 32.2. The zero-order valence-corrected chi connectivity index (χ0v) is 7.40. The third-order valence-corrected chi connectivity index (χ3v) is 3.03. The minimum atomic E-state index is -0.783. The number of nitrogens with zero attached hydrogens (tertiary/aromatic N) is 1. The molecule has 2 nitrogen and oxygen atoms in total. The molecular formula is C7H13NOS. The fourth-order valence-corrected chi connectivity index (χ4v) is 2.24. The first-order chi connectivity index (χ1) is 4.58. The lowest BCUT2D eigenvalue weighted by atomic mass is 10.1. The van der Waals surface area contributed by atoms with Crippen LogP contribution in [-0.4, -0.2) is 21.1 Å². The molecule has 1 rings (SSSR count). The molecule has 0 aromatic rings. The molecule has 0 aromatic heterocycles. The molecule has 0 saturated carbocycles. The van der Waals surface area contributed by atoms with E-state index in [1.807, 2.05) is 20.8 Å². The summed E-state index contributed by atoms with van der Waals surface area (Å²) >= 11 is 1.65. The average Bonchev–Trinajstić information content (AvgIpc) is 2.09. The monoisotopic (exact) mass is 159 g/mol. The van der Waals surface area contributed by atoms with Crippen LogP contribution in [0.5, 0.6) is 0 Å². The summed E-state index contributed by atoms with van der Waals surface area (Å²) < 4.78 is 0. The molecule has 0 radical (unpaired) electrons. The molecule has 0 aliphatic carbocycles. The van der Waals surface area contributed by atoms with Crippen molar-refractivity contribution in [1.29, 1.82) is 0 Å². The number of thioether (sulfide) groups is 1. The standard InChI is InChI=1S/C7H13NOS/c1-4-7(9)5(2)10-6(3)8-7/h5,9H,4H2,1-3H3. The van der Waals surface area contributed by atoms with Crippen LogP contribution < -0.4 is 0 Å². The second-order valence-corrected chi connectivity index (χ2v) is 4.16. The van der Waals surface area contributed by atoms with Crippen molar-refractivity contribution in [1.82, 2.24) is 0 Å². The normalized spacial score (nSPS) is 40.0. The molecular weight excluding hydrogens is 146 g/mol. The van der Waals surface area contributed by atoms with Gasteiger partial charge >= 0.3 is 0 Å². The summed E-state index contributed by atoms with van der Waals surface area (Å²) in [6, 6.07) is 0. The first-order valence-electron chi connectivity index (χ1n) is 3.54. The highest BCUT2D eigenvalue weighted by Crippen LogP contribution is 2.35. The van der Waals surface area contributed by atoms with Crippen LogP contribution in [0.25, 0.3) is 0 Å². The van der Waals surface area contributed by atoms with E-state index in [9.17, 15) is 5.11 Å². The molecule has 0 fully saturated rings. The predicted octanol–water partition coefficient (Wildman–Crippen LogP) is 1.64. The van der Waals surface area contributed by atoms with Gasteiger partial charge in [0.1, 0.15) is 0 Å². The Balaban J connectivity index is 2.77. The van der Waals surface area contributed by atoms with Gasteiger partial charge in [-0.2, -0.15) is 0 Å². The summed E-state index contributed by atoms with van der Waals surface area (Å²) in [5, 5.41) is 10.9. The predicted molar refractivity (Wildman–Crippen MR) is 45.4 cm³/mol. The van der Waals surface area contributed by atoms with Gasteiger partial charge < -0.3 is 5.11 Å². The second-order valence-electron chi connectivity index (χ2n) is 2.62. The number of aliphatic imine (C=N–C) groups is 1. The van der Waals surface area contributed by atoms with E-state index in [4.69, 9.17) is 0 Å². The van der Waals surface area contributed by atoms with Gasteiger partial charge in [0.15, 0.2) is 5.72 Å². The smallest absolute Gasteiger partial charge is 0.168 e. The molecule has 10 heavy (non-hydrogen) atoms. The fourth-order valence-electron chi connectivity index (χ4n) is 1.11. The molecule has 1 heterocycles. The van der Waals surface area contributed by atoms with Crippen LogP contribution in [-0.2, 0) is 0 Å². The van der Waals surface area contributed by atoms with Crippen LogP contribution in [0.4, 0.5) is 0 Å². The summed E-state index contributed by atoms with van der Waals surface area (Å²) in [4.78, 5) is 4.16. The van der Waals surface area contributed by atoms with Crippen molar-refractivity contribution >= 4 is 16.8 Å². The van der Waals surface area contributed by atoms with Crippen LogP contribution in [0.1, 0.15) is 27.2 Å². The molecule has 1 N–H and O–H groups in total. The zero-order chi connectivity index (χ0) is 7.78. The SMILES string of the molecule is CCC1(O)N=C(C)SC1C. The van der Waals surface area contributed by atoms with Crippen LogP contribution in [0, 0.1) is 0 Å². The summed E-state index contributed by atoms with van der Waals surface area (Å²) in [7, 11) is 0. The lowest BCUT2D eigenvalue weighted by molar-refractivity contribution is 0.0508. The molecule has 0 spiro atoms. The minimum Gasteiger partial charge on any atom is -0.368 e. The second kappa shape index (κ2) is 2.55. The molecule has 0 bridgehead atoms. The maximum atomic E-state index is 9.73. The zero-order valence-electron chi connectivity index (χ0n) is 6.59. The van der Waals surface area contributed by atoms with Crippen molar-refractivity contribution in [3.05, 3.63) is 0 Å². The molecule has 2 atom stereocenters. The number of aliphatic hydroxyl groups is 1. The van der Waals surface area contributed by atoms with Gasteiger partial charge in [0, 0.05) is 0 Å². The molecule has 0 saturated heterocycles. The van der Waals surface area contributed by atoms with E-state index < -0.39 is 5.72 Å². The van der Waals surface area contributed by atoms with E-state index in [0.717, 1.165) is 5.04 Å². The van der Waals surface area contributed by atoms with Crippen LogP contribution in [0.2, 0.25) is 0 Å². The first kappa shape index (κ1) is 8.08. The third kappa shape index (κ3) is 1.20. The lowest BCUT2D eigenvalue weighted by Gasteiger charge is -2.21. The largest absolute Gasteiger partial charge is 0.368 e. The van der Waals surface area contributed by atoms with E-state index in [0.29, 0.717) is 6.42 Å². The van der Waals surface area contributed by atoms with Gasteiger partial charge in [-0.3, -0.25) is 0 Å². The minimum absolute atomic E-state index is 0.220. The first-order valence-corrected chi connectivity index (χ1v) is 4.42. The number of hydrogen-bond acceptors (Lipinski definition) is 3. The van der Waals surface area contributed by atoms with Crippen LogP contribution in [0.15, 0.2) is 4.99 Å². The van der Waals surface area contributed by atoms with Crippen molar-refractivity contribution in [2.75, 3.05) is 0 Å². The average molecular weight is 159 g/mol. The molecule has 1 aliphatic heterocycles. The molecule has 0 aromatic carbocycles. The highest BCUT2D eigenvalue weighted by Gasteiger charge is 2.37. The Labute approximate surface area is 65.7 Å². The summed E-state index contributed by atoms with van der Waals surface area (Å²) in [6.45, 7) is 5.90. The number of hydrogen-bond donors (Lipinski definition) is 1. The summed E-state index contributed by atoms with van der Waals surface area (Å²) in [5.74, 6) is 0. The van der Waals surface area contributed by atoms with Crippen LogP contribution in [0.3, 0.4) is 0 Å². The fraction of sp³-hybridized carbons (Fsp3) is 0.857. The lowest BCUT2D eigenvalue weighted by Crippen LogP contribution is -2.32. The Bertz CT molecular complexity index is 169. The third-order valence-electron chi connectivity index (χ3n) is 1.87. The highest BCUT2D eigenvalue weighted by molar-refractivity contribution is 8.14. The summed E-state index contributed by atoms with van der Waals surface area (Å²) in [6.07, 6.45) is 0.707. The Morgan fingerprint density at radius 3 is 2.60 bits per heavy atom. The molecule has 2 unspecified atom stereocenters. The maximum Gasteiger partial charge on any atom is 0.168 e. The van der Waals surface area contributed by atoms with E-state index in [1.165, 1.54) is 0 Å². The molecule has 58 valence electrons. The quantitative estimate of drug-likeness (QED) is 0.631. The topological polar surface area (TPSA) is 32.6 Å². The van der Waals surface area contributed by atoms with Crippen molar-refractivity contribution in [2.45, 2.75) is 38.2 Å². The Hall–Kier alpha value is -0.0200. The van der Waals surface area contributed by atoms with Gasteiger partial charge in [0.25, 0.3) is 0 Å².